The second-order valence-electron chi connectivity index (χ2n) is 3.84. The quantitative estimate of drug-likeness (QED) is 0.586. The Kier molecular flexibility index (Phi) is 4.74. The van der Waals surface area contributed by atoms with Crippen molar-refractivity contribution < 1.29 is 42.9 Å². The molecular weight excluding hydrogens is 299 g/mol. The summed E-state index contributed by atoms with van der Waals surface area (Å²) in [5, 5.41) is 27.7. The van der Waals surface area contributed by atoms with Crippen molar-refractivity contribution in [3.8, 4) is 5.75 Å². The van der Waals surface area contributed by atoms with Crippen LogP contribution in [0.5, 0.6) is 5.75 Å². The molecule has 0 saturated carbocycles. The molecule has 0 aliphatic carbocycles. The number of phenols is 1. The van der Waals surface area contributed by atoms with Gasteiger partial charge in [0.15, 0.2) is 17.4 Å². The molecule has 0 aliphatic rings. The summed E-state index contributed by atoms with van der Waals surface area (Å²) < 4.78 is 39.2. The van der Waals surface area contributed by atoms with Crippen LogP contribution in [0, 0.1) is 17.5 Å². The zero-order valence-electron chi connectivity index (χ0n) is 10.1. The topological polar surface area (TPSA) is 124 Å². The number of hydrogen-bond acceptors (Lipinski definition) is 4. The molecule has 1 amide bonds. The fourth-order valence-electron chi connectivity index (χ4n) is 1.37. The number of rotatable bonds is 5. The largest absolute Gasteiger partial charge is 0.503 e. The Morgan fingerprint density at radius 3 is 2.19 bits per heavy atom. The molecule has 7 nitrogen and oxygen atoms in total. The highest BCUT2D eigenvalue weighted by Gasteiger charge is 2.27. The molecule has 0 bridgehead atoms. The van der Waals surface area contributed by atoms with Crippen LogP contribution in [0.2, 0.25) is 0 Å². The molecule has 21 heavy (non-hydrogen) atoms. The Morgan fingerprint density at radius 2 is 1.71 bits per heavy atom. The number of aromatic hydroxyl groups is 1. The van der Waals surface area contributed by atoms with Gasteiger partial charge in [0.2, 0.25) is 5.82 Å². The fraction of sp³-hybridized carbons (Fsp3) is 0.182. The monoisotopic (exact) mass is 307 g/mol. The molecule has 1 aromatic rings. The van der Waals surface area contributed by atoms with Crippen molar-refractivity contribution in [1.82, 2.24) is 5.32 Å². The van der Waals surface area contributed by atoms with E-state index in [0.717, 1.165) is 0 Å². The van der Waals surface area contributed by atoms with Crippen molar-refractivity contribution in [3.05, 3.63) is 29.1 Å². The third kappa shape index (κ3) is 3.61. The van der Waals surface area contributed by atoms with E-state index in [9.17, 15) is 27.6 Å². The standard InChI is InChI=1S/C11H8F3NO6/c12-4-1-3(7(13)9(18)8(4)14)10(19)15-5(11(20)21)2-6(16)17/h1,5,18H,2H2,(H,15,19)(H,16,17)(H,20,21)/t5-/m0/s1. The molecule has 1 rings (SSSR count). The number of carbonyl (C=O) groups is 3. The van der Waals surface area contributed by atoms with Crippen molar-refractivity contribution in [1.29, 1.82) is 0 Å². The maximum atomic E-state index is 13.4. The van der Waals surface area contributed by atoms with E-state index in [1.54, 1.807) is 5.32 Å². The second-order valence-corrected chi connectivity index (χ2v) is 3.84. The number of halogens is 3. The first-order valence-corrected chi connectivity index (χ1v) is 5.27. The van der Waals surface area contributed by atoms with Gasteiger partial charge < -0.3 is 20.6 Å². The summed E-state index contributed by atoms with van der Waals surface area (Å²) in [6.07, 6.45) is -1.02. The number of carboxylic acid groups (broad SMARTS) is 2. The van der Waals surface area contributed by atoms with Crippen LogP contribution >= 0.6 is 0 Å². The predicted molar refractivity (Wildman–Crippen MR) is 59.1 cm³/mol. The maximum Gasteiger partial charge on any atom is 0.326 e. The van der Waals surface area contributed by atoms with Crippen molar-refractivity contribution in [2.24, 2.45) is 0 Å². The molecule has 114 valence electrons. The number of carbonyl (C=O) groups excluding carboxylic acids is 1. The molecule has 0 spiro atoms. The molecule has 1 aromatic carbocycles. The lowest BCUT2D eigenvalue weighted by Crippen LogP contribution is -2.42. The number of nitrogens with one attached hydrogen (secondary N) is 1. The van der Waals surface area contributed by atoms with Gasteiger partial charge in [-0.1, -0.05) is 0 Å². The first-order valence-electron chi connectivity index (χ1n) is 5.27. The highest BCUT2D eigenvalue weighted by molar-refractivity contribution is 5.98. The lowest BCUT2D eigenvalue weighted by Gasteiger charge is -2.13. The lowest BCUT2D eigenvalue weighted by molar-refractivity contribution is -0.145. The minimum absolute atomic E-state index is 0.111. The molecule has 0 heterocycles. The normalized spacial score (nSPS) is 11.8. The molecule has 0 aromatic heterocycles. The molecule has 1 atom stereocenters. The summed E-state index contributed by atoms with van der Waals surface area (Å²) >= 11 is 0. The minimum Gasteiger partial charge on any atom is -0.503 e. The van der Waals surface area contributed by atoms with Crippen molar-refractivity contribution >= 4 is 17.8 Å². The third-order valence-corrected chi connectivity index (χ3v) is 2.36. The predicted octanol–water partition coefficient (Wildman–Crippen LogP) is 0.467. The summed E-state index contributed by atoms with van der Waals surface area (Å²) in [7, 11) is 0. The van der Waals surface area contributed by atoms with Crippen LogP contribution in [0.15, 0.2) is 6.07 Å². The van der Waals surface area contributed by atoms with Crippen LogP contribution in [0.25, 0.3) is 0 Å². The number of benzene rings is 1. The Hall–Kier alpha value is -2.78. The van der Waals surface area contributed by atoms with E-state index in [1.165, 1.54) is 0 Å². The van der Waals surface area contributed by atoms with Crippen LogP contribution in [-0.4, -0.2) is 39.2 Å². The van der Waals surface area contributed by atoms with E-state index in [1.807, 2.05) is 0 Å². The average molecular weight is 307 g/mol. The van der Waals surface area contributed by atoms with Crippen LogP contribution in [0.4, 0.5) is 13.2 Å². The number of hydrogen-bond donors (Lipinski definition) is 4. The number of amides is 1. The molecule has 0 unspecified atom stereocenters. The molecule has 10 heteroatoms. The van der Waals surface area contributed by atoms with Gasteiger partial charge in [0.25, 0.3) is 5.91 Å². The second kappa shape index (κ2) is 6.11. The smallest absolute Gasteiger partial charge is 0.326 e. The highest BCUT2D eigenvalue weighted by Crippen LogP contribution is 2.25. The zero-order valence-corrected chi connectivity index (χ0v) is 10.1. The van der Waals surface area contributed by atoms with E-state index in [0.29, 0.717) is 0 Å². The van der Waals surface area contributed by atoms with Crippen LogP contribution in [-0.2, 0) is 9.59 Å². The zero-order chi connectivity index (χ0) is 16.3. The van der Waals surface area contributed by atoms with Gasteiger partial charge in [-0.15, -0.1) is 0 Å². The van der Waals surface area contributed by atoms with Crippen molar-refractivity contribution in [2.75, 3.05) is 0 Å². The van der Waals surface area contributed by atoms with Crippen LogP contribution in [0.3, 0.4) is 0 Å². The Balaban J connectivity index is 3.09. The summed E-state index contributed by atoms with van der Waals surface area (Å²) in [6, 6.07) is -1.80. The van der Waals surface area contributed by atoms with E-state index in [-0.39, 0.29) is 6.07 Å². The van der Waals surface area contributed by atoms with E-state index < -0.39 is 59.1 Å². The SMILES string of the molecule is O=C(O)C[C@H](NC(=O)c1cc(F)c(F)c(O)c1F)C(=O)O. The summed E-state index contributed by atoms with van der Waals surface area (Å²) in [5.74, 6) is -12.0. The van der Waals surface area contributed by atoms with Gasteiger partial charge in [0.05, 0.1) is 12.0 Å². The summed E-state index contributed by atoms with van der Waals surface area (Å²) in [5.41, 5.74) is -1.16. The molecule has 0 aliphatic heterocycles. The van der Waals surface area contributed by atoms with Gasteiger partial charge in [0.1, 0.15) is 6.04 Å². The number of carboxylic acids is 2. The fourth-order valence-corrected chi connectivity index (χ4v) is 1.37. The van der Waals surface area contributed by atoms with Crippen LogP contribution in [0.1, 0.15) is 16.8 Å². The van der Waals surface area contributed by atoms with Crippen LogP contribution < -0.4 is 5.32 Å². The first-order chi connectivity index (χ1) is 9.65. The van der Waals surface area contributed by atoms with Gasteiger partial charge >= 0.3 is 11.9 Å². The minimum atomic E-state index is -1.91. The highest BCUT2D eigenvalue weighted by atomic mass is 19.2. The van der Waals surface area contributed by atoms with E-state index in [2.05, 4.69) is 0 Å². The summed E-state index contributed by atoms with van der Waals surface area (Å²) in [4.78, 5) is 32.7. The first kappa shape index (κ1) is 16.3. The summed E-state index contributed by atoms with van der Waals surface area (Å²) in [6.45, 7) is 0. The maximum absolute atomic E-state index is 13.4. The molecule has 0 fully saturated rings. The average Bonchev–Trinajstić information content (AvgIpc) is 2.38. The lowest BCUT2D eigenvalue weighted by atomic mass is 10.1. The van der Waals surface area contributed by atoms with Gasteiger partial charge in [-0.2, -0.15) is 4.39 Å². The van der Waals surface area contributed by atoms with E-state index in [4.69, 9.17) is 15.3 Å². The number of aliphatic carboxylic acids is 2. The van der Waals surface area contributed by atoms with Crippen molar-refractivity contribution in [3.63, 3.8) is 0 Å². The van der Waals surface area contributed by atoms with Gasteiger partial charge in [-0.25, -0.2) is 13.6 Å². The Morgan fingerprint density at radius 1 is 1.14 bits per heavy atom. The molecule has 4 N–H and O–H groups in total. The molecule has 0 saturated heterocycles. The van der Waals surface area contributed by atoms with E-state index >= 15 is 0 Å². The molecule has 0 radical (unpaired) electrons. The third-order valence-electron chi connectivity index (χ3n) is 2.36. The van der Waals surface area contributed by atoms with Gasteiger partial charge in [-0.3, -0.25) is 9.59 Å². The Labute approximate surface area is 114 Å². The Bertz CT molecular complexity index is 618. The molecular formula is C11H8F3NO6. The van der Waals surface area contributed by atoms with Crippen molar-refractivity contribution in [2.45, 2.75) is 12.5 Å². The number of phenolic OH excluding ortho intramolecular Hbond substituents is 1. The van der Waals surface area contributed by atoms with Gasteiger partial charge in [0, 0.05) is 0 Å². The van der Waals surface area contributed by atoms with Gasteiger partial charge in [-0.05, 0) is 6.07 Å².